The van der Waals surface area contributed by atoms with E-state index in [0.717, 1.165) is 38.5 Å². The normalized spacial score (nSPS) is 57.2. The second kappa shape index (κ2) is 5.30. The standard InChI is InChI=1S/C21H34O3/c1-4-21(24)10-8-16-14-6-5-13-11-17(22)18(23)12-19(13,2)15(14)7-9-20(16,21)3/h13-17,22,24H,4-12H2,1-3H3/t13-,14+,15-,16-,17+,19-,20-,21+/m0/s1. The molecule has 0 amide bonds. The monoisotopic (exact) mass is 334 g/mol. The van der Waals surface area contributed by atoms with Crippen molar-refractivity contribution in [3.05, 3.63) is 0 Å². The number of ketones is 1. The Hall–Kier alpha value is -0.410. The van der Waals surface area contributed by atoms with Gasteiger partial charge < -0.3 is 10.2 Å². The van der Waals surface area contributed by atoms with Crippen LogP contribution in [0.1, 0.15) is 78.6 Å². The van der Waals surface area contributed by atoms with E-state index in [9.17, 15) is 15.0 Å². The van der Waals surface area contributed by atoms with E-state index in [1.54, 1.807) is 0 Å². The Kier molecular flexibility index (Phi) is 3.76. The topological polar surface area (TPSA) is 57.5 Å². The van der Waals surface area contributed by atoms with Crippen molar-refractivity contribution < 1.29 is 15.0 Å². The van der Waals surface area contributed by atoms with E-state index in [2.05, 4.69) is 20.8 Å². The Bertz CT molecular complexity index is 545. The number of carbonyl (C=O) groups is 1. The molecule has 4 rings (SSSR count). The van der Waals surface area contributed by atoms with Gasteiger partial charge in [0.2, 0.25) is 0 Å². The molecule has 2 N–H and O–H groups in total. The number of aliphatic hydroxyl groups is 2. The molecule has 0 aliphatic heterocycles. The minimum Gasteiger partial charge on any atom is -0.389 e. The lowest BCUT2D eigenvalue weighted by Crippen LogP contribution is -2.57. The average molecular weight is 335 g/mol. The van der Waals surface area contributed by atoms with Crippen LogP contribution in [0.15, 0.2) is 0 Å². The number of fused-ring (bicyclic) bond motifs is 5. The fraction of sp³-hybridized carbons (Fsp3) is 0.952. The molecule has 4 aliphatic carbocycles. The third-order valence-corrected chi connectivity index (χ3v) is 9.41. The molecule has 8 atom stereocenters. The number of rotatable bonds is 1. The average Bonchev–Trinajstić information content (AvgIpc) is 2.81. The SMILES string of the molecule is CC[C@@]1(O)CC[C@H]2[C@@H]3CC[C@H]4C[C@@H](O)C(=O)C[C@]4(C)[C@H]3CC[C@@]21C. The summed E-state index contributed by atoms with van der Waals surface area (Å²) in [6, 6.07) is 0. The minimum absolute atomic E-state index is 0.0598. The highest BCUT2D eigenvalue weighted by Crippen LogP contribution is 2.68. The molecule has 0 radical (unpaired) electrons. The Morgan fingerprint density at radius 3 is 2.50 bits per heavy atom. The lowest BCUT2D eigenvalue weighted by atomic mass is 9.44. The lowest BCUT2D eigenvalue weighted by Gasteiger charge is -2.61. The smallest absolute Gasteiger partial charge is 0.161 e. The Morgan fingerprint density at radius 1 is 1.08 bits per heavy atom. The first-order valence-corrected chi connectivity index (χ1v) is 10.2. The van der Waals surface area contributed by atoms with E-state index in [0.29, 0.717) is 36.5 Å². The van der Waals surface area contributed by atoms with Crippen molar-refractivity contribution in [2.45, 2.75) is 90.3 Å². The summed E-state index contributed by atoms with van der Waals surface area (Å²) in [5.41, 5.74) is -0.350. The first kappa shape index (κ1) is 17.0. The van der Waals surface area contributed by atoms with Gasteiger partial charge in [-0.2, -0.15) is 0 Å². The molecule has 0 saturated heterocycles. The second-order valence-corrected chi connectivity index (χ2v) is 9.93. The summed E-state index contributed by atoms with van der Waals surface area (Å²) < 4.78 is 0. The van der Waals surface area contributed by atoms with Crippen LogP contribution in [0, 0.1) is 34.5 Å². The van der Waals surface area contributed by atoms with Gasteiger partial charge in [0.05, 0.1) is 5.60 Å². The maximum absolute atomic E-state index is 12.3. The molecule has 0 aromatic heterocycles. The lowest BCUT2D eigenvalue weighted by molar-refractivity contribution is -0.167. The molecule has 0 unspecified atom stereocenters. The highest BCUT2D eigenvalue weighted by atomic mass is 16.3. The molecule has 4 saturated carbocycles. The van der Waals surface area contributed by atoms with Crippen LogP contribution in [-0.2, 0) is 4.79 Å². The minimum atomic E-state index is -0.717. The fourth-order valence-electron chi connectivity index (χ4n) is 7.78. The summed E-state index contributed by atoms with van der Waals surface area (Å²) in [5.74, 6) is 2.45. The summed E-state index contributed by atoms with van der Waals surface area (Å²) >= 11 is 0. The van der Waals surface area contributed by atoms with Gasteiger partial charge in [-0.3, -0.25) is 4.79 Å². The predicted molar refractivity (Wildman–Crippen MR) is 93.4 cm³/mol. The van der Waals surface area contributed by atoms with E-state index in [4.69, 9.17) is 0 Å². The highest BCUT2D eigenvalue weighted by Gasteiger charge is 2.64. The summed E-state index contributed by atoms with van der Waals surface area (Å²) in [7, 11) is 0. The summed E-state index contributed by atoms with van der Waals surface area (Å²) in [6.07, 6.45) is 8.13. The zero-order chi connectivity index (χ0) is 17.3. The predicted octanol–water partition coefficient (Wildman–Crippen LogP) is 3.71. The van der Waals surface area contributed by atoms with Gasteiger partial charge in [0, 0.05) is 6.42 Å². The van der Waals surface area contributed by atoms with E-state index < -0.39 is 11.7 Å². The molecule has 4 fully saturated rings. The number of aliphatic hydroxyl groups excluding tert-OH is 1. The van der Waals surface area contributed by atoms with E-state index >= 15 is 0 Å². The van der Waals surface area contributed by atoms with Crippen LogP contribution in [0.25, 0.3) is 0 Å². The van der Waals surface area contributed by atoms with Crippen molar-refractivity contribution in [1.29, 1.82) is 0 Å². The zero-order valence-corrected chi connectivity index (χ0v) is 15.6. The van der Waals surface area contributed by atoms with Gasteiger partial charge in [0.1, 0.15) is 6.10 Å². The number of Topliss-reactive ketones (excluding diaryl/α,β-unsaturated/α-hetero) is 1. The van der Waals surface area contributed by atoms with Crippen LogP contribution in [0.2, 0.25) is 0 Å². The van der Waals surface area contributed by atoms with Crippen LogP contribution in [0.3, 0.4) is 0 Å². The number of hydrogen-bond donors (Lipinski definition) is 2. The summed E-state index contributed by atoms with van der Waals surface area (Å²) in [6.45, 7) is 6.82. The zero-order valence-electron chi connectivity index (χ0n) is 15.6. The largest absolute Gasteiger partial charge is 0.389 e. The van der Waals surface area contributed by atoms with Crippen molar-refractivity contribution >= 4 is 5.78 Å². The van der Waals surface area contributed by atoms with Crippen molar-refractivity contribution in [3.63, 3.8) is 0 Å². The van der Waals surface area contributed by atoms with Gasteiger partial charge in [0.25, 0.3) is 0 Å². The fourth-order valence-corrected chi connectivity index (χ4v) is 7.78. The maximum Gasteiger partial charge on any atom is 0.161 e. The molecular weight excluding hydrogens is 300 g/mol. The molecule has 0 aromatic carbocycles. The maximum atomic E-state index is 12.3. The van der Waals surface area contributed by atoms with E-state index in [1.165, 1.54) is 6.42 Å². The van der Waals surface area contributed by atoms with Gasteiger partial charge in [0.15, 0.2) is 5.78 Å². The Labute approximate surface area is 146 Å². The van der Waals surface area contributed by atoms with Crippen molar-refractivity contribution in [3.8, 4) is 0 Å². The molecular formula is C21H34O3. The molecule has 136 valence electrons. The quantitative estimate of drug-likeness (QED) is 0.768. The molecule has 3 nitrogen and oxygen atoms in total. The van der Waals surface area contributed by atoms with Crippen LogP contribution in [0.5, 0.6) is 0 Å². The van der Waals surface area contributed by atoms with Crippen molar-refractivity contribution in [2.24, 2.45) is 34.5 Å². The molecule has 3 heteroatoms. The summed E-state index contributed by atoms with van der Waals surface area (Å²) in [5, 5.41) is 21.3. The highest BCUT2D eigenvalue weighted by molar-refractivity contribution is 5.84. The Morgan fingerprint density at radius 2 is 1.79 bits per heavy atom. The summed E-state index contributed by atoms with van der Waals surface area (Å²) in [4.78, 5) is 12.3. The third-order valence-electron chi connectivity index (χ3n) is 9.41. The van der Waals surface area contributed by atoms with E-state index in [-0.39, 0.29) is 16.6 Å². The van der Waals surface area contributed by atoms with Gasteiger partial charge in [-0.25, -0.2) is 0 Å². The number of hydrogen-bond acceptors (Lipinski definition) is 3. The molecule has 0 aromatic rings. The number of carbonyl (C=O) groups excluding carboxylic acids is 1. The van der Waals surface area contributed by atoms with Gasteiger partial charge in [-0.05, 0) is 85.9 Å². The van der Waals surface area contributed by atoms with Crippen molar-refractivity contribution in [1.82, 2.24) is 0 Å². The molecule has 0 heterocycles. The van der Waals surface area contributed by atoms with Crippen LogP contribution >= 0.6 is 0 Å². The van der Waals surface area contributed by atoms with E-state index in [1.807, 2.05) is 0 Å². The van der Waals surface area contributed by atoms with Gasteiger partial charge >= 0.3 is 0 Å². The van der Waals surface area contributed by atoms with Crippen LogP contribution in [-0.4, -0.2) is 27.7 Å². The Balaban J connectivity index is 1.65. The molecule has 24 heavy (non-hydrogen) atoms. The third kappa shape index (κ3) is 2.00. The van der Waals surface area contributed by atoms with Crippen LogP contribution in [0.4, 0.5) is 0 Å². The molecule has 4 aliphatic rings. The second-order valence-electron chi connectivity index (χ2n) is 9.93. The molecule has 0 spiro atoms. The van der Waals surface area contributed by atoms with Gasteiger partial charge in [-0.1, -0.05) is 20.8 Å². The first-order chi connectivity index (χ1) is 11.2. The van der Waals surface area contributed by atoms with Crippen LogP contribution < -0.4 is 0 Å². The van der Waals surface area contributed by atoms with Gasteiger partial charge in [-0.15, -0.1) is 0 Å². The van der Waals surface area contributed by atoms with Crippen molar-refractivity contribution in [2.75, 3.05) is 0 Å². The molecule has 0 bridgehead atoms. The first-order valence-electron chi connectivity index (χ1n) is 10.2.